The molecule has 0 aliphatic heterocycles. The minimum atomic E-state index is -1.30. The molecule has 2 aliphatic rings. The van der Waals surface area contributed by atoms with Gasteiger partial charge in [-0.15, -0.1) is 11.5 Å². The number of aliphatic hydroxyl groups excluding tert-OH is 1. The van der Waals surface area contributed by atoms with Gasteiger partial charge in [0, 0.05) is 12.2 Å². The topological polar surface area (TPSA) is 20.2 Å². The molecule has 2 bridgehead atoms. The molecule has 1 N–H and O–H groups in total. The van der Waals surface area contributed by atoms with E-state index in [1.807, 2.05) is 11.8 Å². The van der Waals surface area contributed by atoms with E-state index in [1.54, 1.807) is 0 Å². The van der Waals surface area contributed by atoms with E-state index in [0.29, 0.717) is 6.61 Å². The lowest BCUT2D eigenvalue weighted by molar-refractivity contribution is 0.322. The normalized spacial score (nSPS) is 24.7. The Morgan fingerprint density at radius 1 is 0.885 bits per heavy atom. The minimum absolute atomic E-state index is 0.330. The number of hydrogen-bond donors (Lipinski definition) is 1. The molecule has 3 heteroatoms. The smallest absolute Gasteiger partial charge is 0.135 e. The Morgan fingerprint density at radius 2 is 1.58 bits per heavy atom. The van der Waals surface area contributed by atoms with E-state index in [1.165, 1.54) is 82.8 Å². The number of rotatable bonds is 13. The molecule has 0 radical (unpaired) electrons. The molecule has 0 heterocycles. The van der Waals surface area contributed by atoms with E-state index in [2.05, 4.69) is 24.6 Å². The van der Waals surface area contributed by atoms with Gasteiger partial charge in [0.15, 0.2) is 0 Å². The number of hydrogen-bond acceptors (Lipinski definition) is 2. The van der Waals surface area contributed by atoms with Crippen molar-refractivity contribution in [3.05, 3.63) is 0 Å². The van der Waals surface area contributed by atoms with E-state index in [4.69, 9.17) is 5.11 Å². The van der Waals surface area contributed by atoms with E-state index < -0.39 is 8.07 Å². The highest BCUT2D eigenvalue weighted by Gasteiger charge is 2.46. The molecule has 0 aromatic carbocycles. The highest BCUT2D eigenvalue weighted by Crippen LogP contribution is 2.55. The fraction of sp³-hybridized carbons (Fsp3) is 0.913. The van der Waals surface area contributed by atoms with Crippen molar-refractivity contribution in [2.75, 3.05) is 18.1 Å². The van der Waals surface area contributed by atoms with Gasteiger partial charge in [0.05, 0.1) is 6.61 Å². The van der Waals surface area contributed by atoms with Gasteiger partial charge in [0.2, 0.25) is 0 Å². The molecule has 2 fully saturated rings. The second kappa shape index (κ2) is 12.5. The zero-order valence-corrected chi connectivity index (χ0v) is 19.2. The lowest BCUT2D eigenvalue weighted by Gasteiger charge is -2.31. The Balaban J connectivity index is 1.42. The zero-order chi connectivity index (χ0) is 18.7. The summed E-state index contributed by atoms with van der Waals surface area (Å²) in [5.74, 6) is 7.83. The molecule has 3 atom stereocenters. The predicted molar refractivity (Wildman–Crippen MR) is 120 cm³/mol. The van der Waals surface area contributed by atoms with Gasteiger partial charge in [0.25, 0.3) is 0 Å². The van der Waals surface area contributed by atoms with E-state index in [0.717, 1.165) is 29.6 Å². The van der Waals surface area contributed by atoms with Crippen LogP contribution in [0.3, 0.4) is 0 Å². The first-order chi connectivity index (χ1) is 12.6. The SMILES string of the molecule is C[Si](C)(C#CCCCCCCCCCCSCCO)C1CC2CCC1C2. The van der Waals surface area contributed by atoms with Gasteiger partial charge < -0.3 is 5.11 Å². The molecule has 0 aromatic heterocycles. The lowest BCUT2D eigenvalue weighted by atomic mass is 10.0. The Morgan fingerprint density at radius 3 is 2.19 bits per heavy atom. The van der Waals surface area contributed by atoms with Gasteiger partial charge in [-0.2, -0.15) is 11.8 Å². The molecule has 2 saturated carbocycles. The first-order valence-corrected chi connectivity index (χ1v) is 15.6. The van der Waals surface area contributed by atoms with Crippen LogP contribution < -0.4 is 0 Å². The monoisotopic (exact) mass is 394 g/mol. The Kier molecular flexibility index (Phi) is 10.8. The lowest BCUT2D eigenvalue weighted by Crippen LogP contribution is -2.34. The third-order valence-corrected chi connectivity index (χ3v) is 11.1. The van der Waals surface area contributed by atoms with Gasteiger partial charge in [-0.1, -0.05) is 64.5 Å². The first-order valence-electron chi connectivity index (χ1n) is 11.3. The van der Waals surface area contributed by atoms with Crippen molar-refractivity contribution in [1.29, 1.82) is 0 Å². The van der Waals surface area contributed by atoms with Crippen LogP contribution in [0, 0.1) is 23.3 Å². The Labute approximate surface area is 168 Å². The van der Waals surface area contributed by atoms with Crippen LogP contribution in [0.4, 0.5) is 0 Å². The summed E-state index contributed by atoms with van der Waals surface area (Å²) in [7, 11) is -1.30. The second-order valence-corrected chi connectivity index (χ2v) is 14.9. The van der Waals surface area contributed by atoms with E-state index in [-0.39, 0.29) is 0 Å². The maximum absolute atomic E-state index is 8.73. The van der Waals surface area contributed by atoms with Crippen molar-refractivity contribution in [2.24, 2.45) is 11.8 Å². The summed E-state index contributed by atoms with van der Waals surface area (Å²) >= 11 is 1.89. The van der Waals surface area contributed by atoms with Crippen LogP contribution in [-0.4, -0.2) is 31.3 Å². The van der Waals surface area contributed by atoms with Crippen LogP contribution in [0.25, 0.3) is 0 Å². The molecule has 1 nitrogen and oxygen atoms in total. The minimum Gasteiger partial charge on any atom is -0.396 e. The molecule has 26 heavy (non-hydrogen) atoms. The molecule has 0 saturated heterocycles. The molecule has 0 amide bonds. The summed E-state index contributed by atoms with van der Waals surface area (Å²) in [6.45, 7) is 5.40. The molecule has 0 spiro atoms. The summed E-state index contributed by atoms with van der Waals surface area (Å²) in [5, 5.41) is 8.73. The third-order valence-electron chi connectivity index (χ3n) is 6.65. The molecule has 2 rings (SSSR count). The summed E-state index contributed by atoms with van der Waals surface area (Å²) < 4.78 is 0. The highest BCUT2D eigenvalue weighted by molar-refractivity contribution is 7.99. The molecule has 0 aromatic rings. The van der Waals surface area contributed by atoms with Crippen LogP contribution in [0.2, 0.25) is 18.6 Å². The third kappa shape index (κ3) is 7.99. The van der Waals surface area contributed by atoms with Crippen LogP contribution in [-0.2, 0) is 0 Å². The van der Waals surface area contributed by atoms with Crippen LogP contribution in [0.15, 0.2) is 0 Å². The van der Waals surface area contributed by atoms with Crippen molar-refractivity contribution < 1.29 is 5.11 Å². The second-order valence-electron chi connectivity index (χ2n) is 9.22. The highest BCUT2D eigenvalue weighted by atomic mass is 32.2. The molecule has 2 aliphatic carbocycles. The van der Waals surface area contributed by atoms with Gasteiger partial charge in [-0.25, -0.2) is 0 Å². The predicted octanol–water partition coefficient (Wildman–Crippen LogP) is 6.66. The maximum Gasteiger partial charge on any atom is 0.135 e. The zero-order valence-electron chi connectivity index (χ0n) is 17.4. The van der Waals surface area contributed by atoms with Crippen molar-refractivity contribution in [3.8, 4) is 11.5 Å². The Hall–Kier alpha value is 0.0869. The fourth-order valence-corrected chi connectivity index (χ4v) is 9.07. The maximum atomic E-state index is 8.73. The summed E-state index contributed by atoms with van der Waals surface area (Å²) in [4.78, 5) is 0. The van der Waals surface area contributed by atoms with Crippen molar-refractivity contribution in [1.82, 2.24) is 0 Å². The molecule has 150 valence electrons. The van der Waals surface area contributed by atoms with Gasteiger partial charge in [-0.3, -0.25) is 0 Å². The molecular weight excluding hydrogens is 352 g/mol. The number of thioether (sulfide) groups is 1. The van der Waals surface area contributed by atoms with Gasteiger partial charge >= 0.3 is 0 Å². The van der Waals surface area contributed by atoms with Crippen molar-refractivity contribution in [3.63, 3.8) is 0 Å². The van der Waals surface area contributed by atoms with Gasteiger partial charge in [0.1, 0.15) is 8.07 Å². The fourth-order valence-electron chi connectivity index (χ4n) is 5.16. The number of fused-ring (bicyclic) bond motifs is 2. The summed E-state index contributed by atoms with van der Waals surface area (Å²) in [6, 6.07) is 0. The van der Waals surface area contributed by atoms with Crippen molar-refractivity contribution in [2.45, 2.75) is 102 Å². The Bertz CT molecular complexity index is 439. The number of unbranched alkanes of at least 4 members (excludes halogenated alkanes) is 8. The average molecular weight is 395 g/mol. The van der Waals surface area contributed by atoms with E-state index >= 15 is 0 Å². The van der Waals surface area contributed by atoms with E-state index in [9.17, 15) is 0 Å². The molecule has 3 unspecified atom stereocenters. The first kappa shape index (κ1) is 22.4. The van der Waals surface area contributed by atoms with Crippen molar-refractivity contribution >= 4 is 19.8 Å². The van der Waals surface area contributed by atoms with Crippen LogP contribution >= 0.6 is 11.8 Å². The van der Waals surface area contributed by atoms with Gasteiger partial charge in [-0.05, 0) is 48.8 Å². The number of aliphatic hydroxyl groups is 1. The summed E-state index contributed by atoms with van der Waals surface area (Å²) in [6.07, 6.45) is 18.2. The summed E-state index contributed by atoms with van der Waals surface area (Å²) in [5.41, 5.74) is 4.81. The average Bonchev–Trinajstić information content (AvgIpc) is 3.26. The largest absolute Gasteiger partial charge is 0.396 e. The quantitative estimate of drug-likeness (QED) is 0.214. The molecular formula is C23H42OSSi. The van der Waals surface area contributed by atoms with Crippen LogP contribution in [0.5, 0.6) is 0 Å². The standard InChI is InChI=1S/C23H42OSSi/c1-26(2,23-20-21-13-14-22(23)19-21)18-12-10-8-6-4-3-5-7-9-11-16-25-17-15-24/h21-24H,3-11,13-17,19-20H2,1-2H3. The van der Waals surface area contributed by atoms with Crippen LogP contribution in [0.1, 0.15) is 83.5 Å².